The number of likely N-dealkylation sites (N-methyl/N-ethyl adjacent to an activating group) is 1. The van der Waals surface area contributed by atoms with Crippen LogP contribution in [0.2, 0.25) is 0 Å². The van der Waals surface area contributed by atoms with E-state index < -0.39 is 5.91 Å². The third kappa shape index (κ3) is 8.75. The molecule has 0 unspecified atom stereocenters. The molecule has 4 saturated heterocycles. The molecule has 2 aromatic carbocycles. The molecule has 7 rings (SSSR count). The highest BCUT2D eigenvalue weighted by molar-refractivity contribution is 6.02. The molecule has 4 aliphatic heterocycles. The number of amides is 3. The Kier molecular flexibility index (Phi) is 11.4. The van der Waals surface area contributed by atoms with Crippen molar-refractivity contribution in [3.63, 3.8) is 0 Å². The Morgan fingerprint density at radius 3 is 2.25 bits per heavy atom. The first-order chi connectivity index (χ1) is 25.7. The van der Waals surface area contributed by atoms with Gasteiger partial charge in [0.05, 0.1) is 30.4 Å². The van der Waals surface area contributed by atoms with Crippen LogP contribution in [-0.2, 0) is 4.74 Å². The highest BCUT2D eigenvalue weighted by Gasteiger charge is 2.42. The molecule has 4 atom stereocenters. The number of nitrogens with one attached hydrogen (secondary N) is 3. The number of primary amides is 1. The van der Waals surface area contributed by atoms with Crippen LogP contribution in [0, 0.1) is 0 Å². The van der Waals surface area contributed by atoms with Crippen molar-refractivity contribution < 1.29 is 19.1 Å². The van der Waals surface area contributed by atoms with Crippen molar-refractivity contribution in [2.75, 3.05) is 87.7 Å². The molecule has 3 amide bonds. The highest BCUT2D eigenvalue weighted by Crippen LogP contribution is 2.38. The summed E-state index contributed by atoms with van der Waals surface area (Å²) in [5, 5.41) is 9.72. The van der Waals surface area contributed by atoms with Crippen molar-refractivity contribution >= 4 is 34.9 Å². The van der Waals surface area contributed by atoms with E-state index in [0.717, 1.165) is 96.1 Å². The van der Waals surface area contributed by atoms with E-state index in [9.17, 15) is 14.4 Å². The lowest BCUT2D eigenvalue weighted by molar-refractivity contribution is 0.0398. The number of nitrogens with two attached hydrogens (primary N) is 1. The SMILES string of the molecule is C[C@H](NC(=O)c1ccc(N2[C@@H]3CC[C@H]2C[C@@H](NC(=O)c2ccc(C(N)=O)c(NCCN4CCOCC4)c2)C3)nc1)c1ccc(N2CCN(C)CC2)cc1. The zero-order chi connectivity index (χ0) is 36.9. The molecule has 2 bridgehead atoms. The number of piperidine rings is 1. The number of rotatable bonds is 12. The van der Waals surface area contributed by atoms with Crippen LogP contribution in [0.25, 0.3) is 0 Å². The fourth-order valence-corrected chi connectivity index (χ4v) is 8.23. The number of nitrogens with zero attached hydrogens (tertiary/aromatic N) is 5. The summed E-state index contributed by atoms with van der Waals surface area (Å²) in [5.74, 6) is 0.0161. The lowest BCUT2D eigenvalue weighted by Gasteiger charge is -2.40. The summed E-state index contributed by atoms with van der Waals surface area (Å²) < 4.78 is 5.43. The van der Waals surface area contributed by atoms with Gasteiger partial charge in [-0.3, -0.25) is 19.3 Å². The molecule has 13 nitrogen and oxygen atoms in total. The number of hydrogen-bond acceptors (Lipinski definition) is 10. The van der Waals surface area contributed by atoms with Gasteiger partial charge < -0.3 is 41.1 Å². The molecule has 282 valence electrons. The van der Waals surface area contributed by atoms with Crippen LogP contribution in [0.15, 0.2) is 60.8 Å². The predicted molar refractivity (Wildman–Crippen MR) is 207 cm³/mol. The van der Waals surface area contributed by atoms with Crippen LogP contribution in [0.1, 0.15) is 75.3 Å². The minimum Gasteiger partial charge on any atom is -0.383 e. The van der Waals surface area contributed by atoms with Gasteiger partial charge in [0.15, 0.2) is 0 Å². The molecule has 3 aromatic rings. The molecular formula is C40H53N9O4. The minimum atomic E-state index is -0.533. The average Bonchev–Trinajstić information content (AvgIpc) is 3.44. The normalized spacial score (nSPS) is 22.6. The molecule has 0 radical (unpaired) electrons. The molecule has 0 aliphatic carbocycles. The van der Waals surface area contributed by atoms with E-state index in [4.69, 9.17) is 15.5 Å². The largest absolute Gasteiger partial charge is 0.383 e. The second kappa shape index (κ2) is 16.5. The number of fused-ring (bicyclic) bond motifs is 2. The van der Waals surface area contributed by atoms with E-state index >= 15 is 0 Å². The lowest BCUT2D eigenvalue weighted by atomic mass is 9.96. The maximum atomic E-state index is 13.5. The van der Waals surface area contributed by atoms with Crippen LogP contribution in [0.3, 0.4) is 0 Å². The van der Waals surface area contributed by atoms with E-state index in [1.807, 2.05) is 19.1 Å². The summed E-state index contributed by atoms with van der Waals surface area (Å²) in [4.78, 5) is 53.0. The molecule has 0 spiro atoms. The number of aromatic nitrogens is 1. The van der Waals surface area contributed by atoms with Gasteiger partial charge in [-0.15, -0.1) is 0 Å². The maximum Gasteiger partial charge on any atom is 0.253 e. The Morgan fingerprint density at radius 2 is 1.58 bits per heavy atom. The summed E-state index contributed by atoms with van der Waals surface area (Å²) in [6.07, 6.45) is 5.33. The molecule has 53 heavy (non-hydrogen) atoms. The Hall–Kier alpha value is -4.72. The lowest BCUT2D eigenvalue weighted by Crippen LogP contribution is -2.50. The van der Waals surface area contributed by atoms with Crippen LogP contribution in [-0.4, -0.2) is 123 Å². The summed E-state index contributed by atoms with van der Waals surface area (Å²) in [7, 11) is 2.16. The molecule has 4 fully saturated rings. The first-order valence-electron chi connectivity index (χ1n) is 19.1. The molecule has 4 aliphatic rings. The van der Waals surface area contributed by atoms with Gasteiger partial charge in [-0.1, -0.05) is 12.1 Å². The van der Waals surface area contributed by atoms with Gasteiger partial charge in [0.1, 0.15) is 5.82 Å². The van der Waals surface area contributed by atoms with Gasteiger partial charge in [0.2, 0.25) is 0 Å². The fourth-order valence-electron chi connectivity index (χ4n) is 8.23. The van der Waals surface area contributed by atoms with Crippen LogP contribution in [0.5, 0.6) is 0 Å². The topological polar surface area (TPSA) is 148 Å². The number of ether oxygens (including phenoxy) is 1. The van der Waals surface area contributed by atoms with E-state index in [1.165, 1.54) is 5.69 Å². The van der Waals surface area contributed by atoms with Crippen LogP contribution < -0.4 is 31.5 Å². The Bertz CT molecular complexity index is 1730. The molecule has 5 heterocycles. The number of morpholine rings is 1. The smallest absolute Gasteiger partial charge is 0.253 e. The fraction of sp³-hybridized carbons (Fsp3) is 0.500. The van der Waals surface area contributed by atoms with E-state index in [2.05, 4.69) is 66.9 Å². The van der Waals surface area contributed by atoms with E-state index in [1.54, 1.807) is 24.4 Å². The number of piperazine rings is 1. The molecular weight excluding hydrogens is 670 g/mol. The zero-order valence-corrected chi connectivity index (χ0v) is 30.9. The monoisotopic (exact) mass is 723 g/mol. The zero-order valence-electron chi connectivity index (χ0n) is 30.9. The number of benzene rings is 2. The first kappa shape index (κ1) is 36.6. The van der Waals surface area contributed by atoms with Crippen molar-refractivity contribution in [1.82, 2.24) is 25.4 Å². The Morgan fingerprint density at radius 1 is 0.887 bits per heavy atom. The van der Waals surface area contributed by atoms with Crippen LogP contribution in [0.4, 0.5) is 17.2 Å². The van der Waals surface area contributed by atoms with Gasteiger partial charge >= 0.3 is 0 Å². The van der Waals surface area contributed by atoms with E-state index in [-0.39, 0.29) is 36.0 Å². The number of pyridine rings is 1. The van der Waals surface area contributed by atoms with Gasteiger partial charge in [0.25, 0.3) is 17.7 Å². The number of hydrogen-bond donors (Lipinski definition) is 4. The third-order valence-electron chi connectivity index (χ3n) is 11.3. The van der Waals surface area contributed by atoms with Crippen molar-refractivity contribution in [2.45, 2.75) is 56.8 Å². The second-order valence-electron chi connectivity index (χ2n) is 14.9. The summed E-state index contributed by atoms with van der Waals surface area (Å²) in [6.45, 7) is 10.8. The number of anilines is 3. The van der Waals surface area contributed by atoms with Gasteiger partial charge in [-0.2, -0.15) is 0 Å². The molecule has 1 aromatic heterocycles. The first-order valence-corrected chi connectivity index (χ1v) is 19.1. The van der Waals surface area contributed by atoms with Crippen molar-refractivity contribution in [2.24, 2.45) is 5.73 Å². The quantitative estimate of drug-likeness (QED) is 0.220. The van der Waals surface area contributed by atoms with Crippen LogP contribution >= 0.6 is 0 Å². The maximum absolute atomic E-state index is 13.5. The Labute approximate surface area is 312 Å². The predicted octanol–water partition coefficient (Wildman–Crippen LogP) is 3.10. The van der Waals surface area contributed by atoms with E-state index in [0.29, 0.717) is 28.9 Å². The van der Waals surface area contributed by atoms with Gasteiger partial charge in [-0.25, -0.2) is 4.98 Å². The average molecular weight is 724 g/mol. The summed E-state index contributed by atoms with van der Waals surface area (Å²) in [6, 6.07) is 17.7. The second-order valence-corrected chi connectivity index (χ2v) is 14.9. The standard InChI is InChI=1S/C40H53N9O4/c1-27(28-3-7-32(8-4-28)48-17-15-46(2)16-18-48)44-40(52)30-6-12-37(43-26-30)49-33-9-10-34(49)25-31(24-33)45-39(51)29-5-11-35(38(41)50)36(23-29)42-13-14-47-19-21-53-22-20-47/h3-8,11-12,23,26-27,31,33-34,42H,9-10,13-22,24-25H2,1-2H3,(H2,41,50)(H,44,52)(H,45,51)/t27-,31-,33+,34-/m0/s1. The van der Waals surface area contributed by atoms with Gasteiger partial charge in [-0.05, 0) is 87.7 Å². The van der Waals surface area contributed by atoms with Crippen molar-refractivity contribution in [1.29, 1.82) is 0 Å². The Balaban J connectivity index is 0.914. The summed E-state index contributed by atoms with van der Waals surface area (Å²) >= 11 is 0. The minimum absolute atomic E-state index is 0.0203. The third-order valence-corrected chi connectivity index (χ3v) is 11.3. The summed E-state index contributed by atoms with van der Waals surface area (Å²) in [5.41, 5.74) is 9.89. The number of carbonyl (C=O) groups excluding carboxylic acids is 3. The van der Waals surface area contributed by atoms with Crippen molar-refractivity contribution in [3.05, 3.63) is 83.0 Å². The molecule has 13 heteroatoms. The highest BCUT2D eigenvalue weighted by atomic mass is 16.5. The molecule has 0 saturated carbocycles. The molecule has 5 N–H and O–H groups in total. The van der Waals surface area contributed by atoms with Crippen molar-refractivity contribution in [3.8, 4) is 0 Å². The number of carbonyl (C=O) groups is 3. The van der Waals surface area contributed by atoms with Gasteiger partial charge in [0, 0.05) is 93.6 Å².